The summed E-state index contributed by atoms with van der Waals surface area (Å²) in [5.41, 5.74) is 1.97. The number of rotatable bonds is 4. The molecule has 3 aromatic rings. The summed E-state index contributed by atoms with van der Waals surface area (Å²) in [7, 11) is 1.61. The van der Waals surface area contributed by atoms with Gasteiger partial charge in [0.1, 0.15) is 11.3 Å². The highest BCUT2D eigenvalue weighted by molar-refractivity contribution is 6.04. The second-order valence-electron chi connectivity index (χ2n) is 6.62. The quantitative estimate of drug-likeness (QED) is 0.648. The van der Waals surface area contributed by atoms with Crippen molar-refractivity contribution in [3.05, 3.63) is 76.1 Å². The van der Waals surface area contributed by atoms with Crippen LogP contribution < -0.4 is 10.4 Å². The highest BCUT2D eigenvalue weighted by Gasteiger charge is 2.33. The summed E-state index contributed by atoms with van der Waals surface area (Å²) in [6.07, 6.45) is 0.775. The molecule has 1 amide bonds. The number of hydrogen-bond acceptors (Lipinski definition) is 5. The summed E-state index contributed by atoms with van der Waals surface area (Å²) in [6, 6.07) is 16.4. The standard InChI is InChI=1S/C22H20N2O4/c1-3-21(25)24-19(14-8-10-16(27-2)11-9-14)13-18(23-24)17-12-15-6-4-5-7-20(15)28-22(17)26/h4-12,19H,3,13H2,1-2H3/t19-/m0/s1. The Morgan fingerprint density at radius 1 is 1.21 bits per heavy atom. The number of fused-ring (bicyclic) bond motifs is 1. The van der Waals surface area contributed by atoms with Crippen molar-refractivity contribution in [2.45, 2.75) is 25.8 Å². The molecule has 0 spiro atoms. The number of benzene rings is 2. The van der Waals surface area contributed by atoms with Crippen LogP contribution in [0.4, 0.5) is 0 Å². The van der Waals surface area contributed by atoms with Crippen LogP contribution in [-0.4, -0.2) is 23.7 Å². The van der Waals surface area contributed by atoms with Crippen LogP contribution in [0.2, 0.25) is 0 Å². The van der Waals surface area contributed by atoms with Crippen LogP contribution in [0, 0.1) is 0 Å². The Morgan fingerprint density at radius 2 is 1.96 bits per heavy atom. The predicted molar refractivity (Wildman–Crippen MR) is 107 cm³/mol. The van der Waals surface area contributed by atoms with E-state index < -0.39 is 5.63 Å². The molecule has 0 bridgehead atoms. The van der Waals surface area contributed by atoms with Crippen molar-refractivity contribution in [3.8, 4) is 5.75 Å². The van der Waals surface area contributed by atoms with Crippen LogP contribution in [0.5, 0.6) is 5.75 Å². The van der Waals surface area contributed by atoms with E-state index in [4.69, 9.17) is 9.15 Å². The van der Waals surface area contributed by atoms with Crippen LogP contribution in [0.15, 0.2) is 68.9 Å². The number of ether oxygens (including phenoxy) is 1. The molecular weight excluding hydrogens is 356 g/mol. The van der Waals surface area contributed by atoms with Crippen molar-refractivity contribution in [3.63, 3.8) is 0 Å². The molecule has 142 valence electrons. The molecule has 0 saturated carbocycles. The molecule has 1 aliphatic rings. The number of carbonyl (C=O) groups excluding carboxylic acids is 1. The summed E-state index contributed by atoms with van der Waals surface area (Å²) in [5, 5.41) is 6.80. The molecule has 2 heterocycles. The Morgan fingerprint density at radius 3 is 2.68 bits per heavy atom. The molecule has 6 nitrogen and oxygen atoms in total. The molecule has 0 radical (unpaired) electrons. The minimum atomic E-state index is -0.447. The average molecular weight is 376 g/mol. The van der Waals surface area contributed by atoms with Gasteiger partial charge in [0, 0.05) is 18.2 Å². The summed E-state index contributed by atoms with van der Waals surface area (Å²) in [4.78, 5) is 25.0. The molecule has 1 aromatic heterocycles. The third-order valence-electron chi connectivity index (χ3n) is 4.92. The lowest BCUT2D eigenvalue weighted by atomic mass is 9.98. The minimum Gasteiger partial charge on any atom is -0.497 e. The van der Waals surface area contributed by atoms with Crippen molar-refractivity contribution >= 4 is 22.6 Å². The van der Waals surface area contributed by atoms with Crippen molar-refractivity contribution in [1.82, 2.24) is 5.01 Å². The van der Waals surface area contributed by atoms with E-state index in [0.717, 1.165) is 16.7 Å². The van der Waals surface area contributed by atoms with Crippen molar-refractivity contribution in [1.29, 1.82) is 0 Å². The first kappa shape index (κ1) is 18.0. The molecule has 1 atom stereocenters. The van der Waals surface area contributed by atoms with E-state index in [1.165, 1.54) is 5.01 Å². The predicted octanol–water partition coefficient (Wildman–Crippen LogP) is 3.89. The number of hydrazone groups is 1. The number of carbonyl (C=O) groups is 1. The van der Waals surface area contributed by atoms with E-state index in [2.05, 4.69) is 5.10 Å². The molecule has 28 heavy (non-hydrogen) atoms. The molecule has 2 aromatic carbocycles. The van der Waals surface area contributed by atoms with Gasteiger partial charge in [-0.2, -0.15) is 5.10 Å². The van der Waals surface area contributed by atoms with Gasteiger partial charge >= 0.3 is 5.63 Å². The first-order valence-electron chi connectivity index (χ1n) is 9.17. The van der Waals surface area contributed by atoms with Crippen LogP contribution >= 0.6 is 0 Å². The Bertz CT molecular complexity index is 1120. The van der Waals surface area contributed by atoms with E-state index in [1.807, 2.05) is 42.5 Å². The highest BCUT2D eigenvalue weighted by Crippen LogP contribution is 2.33. The summed E-state index contributed by atoms with van der Waals surface area (Å²) < 4.78 is 10.7. The van der Waals surface area contributed by atoms with Gasteiger partial charge in [-0.05, 0) is 29.8 Å². The zero-order chi connectivity index (χ0) is 19.7. The SMILES string of the molecule is CCC(=O)N1N=C(c2cc3ccccc3oc2=O)C[C@H]1c1ccc(OC)cc1. The molecule has 1 aliphatic heterocycles. The number of nitrogens with zero attached hydrogens (tertiary/aromatic N) is 2. The Hall–Kier alpha value is -3.41. The average Bonchev–Trinajstić information content (AvgIpc) is 3.18. The fourth-order valence-electron chi connectivity index (χ4n) is 3.41. The fraction of sp³-hybridized carbons (Fsp3) is 0.227. The zero-order valence-corrected chi connectivity index (χ0v) is 15.7. The van der Waals surface area contributed by atoms with E-state index in [-0.39, 0.29) is 11.9 Å². The van der Waals surface area contributed by atoms with Crippen LogP contribution in [0.3, 0.4) is 0 Å². The van der Waals surface area contributed by atoms with Crippen molar-refractivity contribution < 1.29 is 13.9 Å². The smallest absolute Gasteiger partial charge is 0.345 e. The number of hydrogen-bond donors (Lipinski definition) is 0. The van der Waals surface area contributed by atoms with Crippen LogP contribution in [0.1, 0.15) is 36.9 Å². The second kappa shape index (κ2) is 7.31. The van der Waals surface area contributed by atoms with E-state index in [0.29, 0.717) is 29.7 Å². The van der Waals surface area contributed by atoms with E-state index in [1.54, 1.807) is 26.2 Å². The maximum atomic E-state index is 12.5. The lowest BCUT2D eigenvalue weighted by Gasteiger charge is -2.21. The first-order valence-corrected chi connectivity index (χ1v) is 9.17. The molecule has 0 N–H and O–H groups in total. The maximum Gasteiger partial charge on any atom is 0.345 e. The van der Waals surface area contributed by atoms with Gasteiger partial charge in [-0.1, -0.05) is 37.3 Å². The number of amides is 1. The van der Waals surface area contributed by atoms with Gasteiger partial charge in [0.25, 0.3) is 0 Å². The first-order chi connectivity index (χ1) is 13.6. The summed E-state index contributed by atoms with van der Waals surface area (Å²) >= 11 is 0. The Kier molecular flexibility index (Phi) is 4.69. The number of methoxy groups -OCH3 is 1. The summed E-state index contributed by atoms with van der Waals surface area (Å²) in [6.45, 7) is 1.80. The topological polar surface area (TPSA) is 72.1 Å². The van der Waals surface area contributed by atoms with E-state index in [9.17, 15) is 9.59 Å². The van der Waals surface area contributed by atoms with Gasteiger partial charge in [0.05, 0.1) is 24.4 Å². The third kappa shape index (κ3) is 3.17. The van der Waals surface area contributed by atoms with Gasteiger partial charge in [0.2, 0.25) is 5.91 Å². The van der Waals surface area contributed by atoms with Crippen LogP contribution in [-0.2, 0) is 4.79 Å². The van der Waals surface area contributed by atoms with Crippen LogP contribution in [0.25, 0.3) is 11.0 Å². The lowest BCUT2D eigenvalue weighted by molar-refractivity contribution is -0.132. The van der Waals surface area contributed by atoms with Crippen molar-refractivity contribution in [2.75, 3.05) is 7.11 Å². The van der Waals surface area contributed by atoms with E-state index >= 15 is 0 Å². The maximum absolute atomic E-state index is 12.5. The molecule has 6 heteroatoms. The molecular formula is C22H20N2O4. The monoisotopic (exact) mass is 376 g/mol. The molecule has 0 saturated heterocycles. The normalized spacial score (nSPS) is 16.3. The third-order valence-corrected chi connectivity index (χ3v) is 4.92. The highest BCUT2D eigenvalue weighted by atomic mass is 16.5. The summed E-state index contributed by atoms with van der Waals surface area (Å²) in [5.74, 6) is 0.646. The van der Waals surface area contributed by atoms with Gasteiger partial charge < -0.3 is 9.15 Å². The Balaban J connectivity index is 1.75. The molecule has 0 unspecified atom stereocenters. The largest absolute Gasteiger partial charge is 0.497 e. The minimum absolute atomic E-state index is 0.0963. The zero-order valence-electron chi connectivity index (χ0n) is 15.7. The molecule has 0 aliphatic carbocycles. The van der Waals surface area contributed by atoms with Gasteiger partial charge in [0.15, 0.2) is 0 Å². The van der Waals surface area contributed by atoms with Crippen molar-refractivity contribution in [2.24, 2.45) is 5.10 Å². The van der Waals surface area contributed by atoms with Gasteiger partial charge in [-0.3, -0.25) is 4.79 Å². The fourth-order valence-corrected chi connectivity index (χ4v) is 3.41. The van der Waals surface area contributed by atoms with Gasteiger partial charge in [-0.15, -0.1) is 0 Å². The molecule has 4 rings (SSSR count). The molecule has 0 fully saturated rings. The number of para-hydroxylation sites is 1. The van der Waals surface area contributed by atoms with Gasteiger partial charge in [-0.25, -0.2) is 9.80 Å². The Labute approximate surface area is 162 Å². The lowest BCUT2D eigenvalue weighted by Crippen LogP contribution is -2.26. The second-order valence-corrected chi connectivity index (χ2v) is 6.62.